The molecule has 4 nitrogen and oxygen atoms in total. The van der Waals surface area contributed by atoms with Crippen molar-refractivity contribution >= 4 is 28.6 Å². The van der Waals surface area contributed by atoms with Gasteiger partial charge < -0.3 is 9.73 Å². The maximum atomic E-state index is 12.4. The van der Waals surface area contributed by atoms with Gasteiger partial charge in [0, 0.05) is 11.8 Å². The summed E-state index contributed by atoms with van der Waals surface area (Å²) >= 11 is 0. The summed E-state index contributed by atoms with van der Waals surface area (Å²) in [5.41, 5.74) is 2.61. The second-order valence-corrected chi connectivity index (χ2v) is 6.24. The lowest BCUT2D eigenvalue weighted by atomic mass is 9.97. The van der Waals surface area contributed by atoms with Gasteiger partial charge in [-0.05, 0) is 42.2 Å². The third-order valence-electron chi connectivity index (χ3n) is 4.48. The zero-order valence-corrected chi connectivity index (χ0v) is 14.9. The van der Waals surface area contributed by atoms with E-state index in [9.17, 15) is 9.59 Å². The summed E-state index contributed by atoms with van der Waals surface area (Å²) in [5, 5.41) is 3.39. The molecule has 0 aliphatic heterocycles. The Morgan fingerprint density at radius 1 is 1.15 bits per heavy atom. The van der Waals surface area contributed by atoms with E-state index >= 15 is 0 Å². The van der Waals surface area contributed by atoms with Crippen LogP contribution < -0.4 is 10.7 Å². The second kappa shape index (κ2) is 7.83. The largest absolute Gasteiger partial charge is 0.463 e. The highest BCUT2D eigenvalue weighted by molar-refractivity contribution is 6.02. The number of anilines is 1. The first kappa shape index (κ1) is 17.7. The predicted octanol–water partition coefficient (Wildman–Crippen LogP) is 4.96. The van der Waals surface area contributed by atoms with Crippen molar-refractivity contribution in [2.45, 2.75) is 26.2 Å². The standard InChI is InChI=1S/C22H21NO3/c1-3-15(2)17-8-4-6-10-19(17)23-21(24)13-12-16-14-26-20-11-7-5-9-18(20)22(16)25/h4-15H,3H2,1-2H3,(H,23,24)/b13-12+. The molecule has 0 bridgehead atoms. The molecule has 0 aliphatic carbocycles. The minimum atomic E-state index is -0.284. The Labute approximate surface area is 152 Å². The third-order valence-corrected chi connectivity index (χ3v) is 4.48. The number of para-hydroxylation sites is 2. The van der Waals surface area contributed by atoms with Crippen LogP contribution in [0.1, 0.15) is 37.3 Å². The van der Waals surface area contributed by atoms with Gasteiger partial charge in [0.2, 0.25) is 5.91 Å². The molecule has 0 aliphatic rings. The molecule has 1 heterocycles. The molecule has 1 aromatic heterocycles. The van der Waals surface area contributed by atoms with Gasteiger partial charge in [-0.3, -0.25) is 9.59 Å². The van der Waals surface area contributed by atoms with Gasteiger partial charge in [-0.15, -0.1) is 0 Å². The maximum absolute atomic E-state index is 12.4. The Morgan fingerprint density at radius 2 is 1.88 bits per heavy atom. The first-order valence-electron chi connectivity index (χ1n) is 8.68. The molecule has 3 aromatic rings. The third kappa shape index (κ3) is 3.75. The van der Waals surface area contributed by atoms with Gasteiger partial charge in [-0.25, -0.2) is 0 Å². The monoisotopic (exact) mass is 347 g/mol. The number of hydrogen-bond acceptors (Lipinski definition) is 3. The molecule has 1 amide bonds. The summed E-state index contributed by atoms with van der Waals surface area (Å²) < 4.78 is 5.46. The van der Waals surface area contributed by atoms with Gasteiger partial charge in [0.25, 0.3) is 0 Å². The van der Waals surface area contributed by atoms with Crippen molar-refractivity contribution in [2.75, 3.05) is 5.32 Å². The molecule has 2 aromatic carbocycles. The van der Waals surface area contributed by atoms with Gasteiger partial charge in [0.15, 0.2) is 5.43 Å². The van der Waals surface area contributed by atoms with E-state index in [4.69, 9.17) is 4.42 Å². The van der Waals surface area contributed by atoms with Crippen LogP contribution >= 0.6 is 0 Å². The van der Waals surface area contributed by atoms with Gasteiger partial charge in [-0.1, -0.05) is 44.2 Å². The van der Waals surface area contributed by atoms with Crippen molar-refractivity contribution in [3.05, 3.63) is 82.2 Å². The van der Waals surface area contributed by atoms with E-state index in [-0.39, 0.29) is 11.3 Å². The van der Waals surface area contributed by atoms with Gasteiger partial charge >= 0.3 is 0 Å². The molecule has 0 saturated carbocycles. The molecule has 0 spiro atoms. The molecule has 4 heteroatoms. The Bertz CT molecular complexity index is 1020. The first-order chi connectivity index (χ1) is 12.6. The fourth-order valence-electron chi connectivity index (χ4n) is 2.81. The molecule has 0 fully saturated rings. The van der Waals surface area contributed by atoms with E-state index in [1.807, 2.05) is 30.3 Å². The summed E-state index contributed by atoms with van der Waals surface area (Å²) in [6, 6.07) is 14.8. The minimum absolute atomic E-state index is 0.157. The highest BCUT2D eigenvalue weighted by Gasteiger charge is 2.10. The molecule has 1 N–H and O–H groups in total. The van der Waals surface area contributed by atoms with Crippen LogP contribution in [0.5, 0.6) is 0 Å². The number of benzene rings is 2. The first-order valence-corrected chi connectivity index (χ1v) is 8.68. The van der Waals surface area contributed by atoms with Crippen LogP contribution in [0.4, 0.5) is 5.69 Å². The van der Waals surface area contributed by atoms with Crippen LogP contribution in [0.15, 0.2) is 70.1 Å². The number of hydrogen-bond donors (Lipinski definition) is 1. The van der Waals surface area contributed by atoms with Crippen LogP contribution in [-0.4, -0.2) is 5.91 Å². The lowest BCUT2D eigenvalue weighted by Crippen LogP contribution is -2.11. The lowest BCUT2D eigenvalue weighted by Gasteiger charge is -2.14. The zero-order valence-electron chi connectivity index (χ0n) is 14.9. The van der Waals surface area contributed by atoms with E-state index in [0.29, 0.717) is 22.5 Å². The van der Waals surface area contributed by atoms with E-state index in [1.165, 1.54) is 18.4 Å². The van der Waals surface area contributed by atoms with Crippen molar-refractivity contribution in [3.63, 3.8) is 0 Å². The van der Waals surface area contributed by atoms with Crippen LogP contribution in [0.3, 0.4) is 0 Å². The van der Waals surface area contributed by atoms with E-state index < -0.39 is 0 Å². The number of carbonyl (C=O) groups excluding carboxylic acids is 1. The quantitative estimate of drug-likeness (QED) is 0.664. The minimum Gasteiger partial charge on any atom is -0.463 e. The van der Waals surface area contributed by atoms with Crippen LogP contribution in [0, 0.1) is 0 Å². The molecule has 132 valence electrons. The lowest BCUT2D eigenvalue weighted by molar-refractivity contribution is -0.111. The summed E-state index contributed by atoms with van der Waals surface area (Å²) in [4.78, 5) is 24.7. The van der Waals surface area contributed by atoms with Crippen molar-refractivity contribution in [2.24, 2.45) is 0 Å². The van der Waals surface area contributed by atoms with Crippen LogP contribution in [0.25, 0.3) is 17.0 Å². The smallest absolute Gasteiger partial charge is 0.248 e. The summed E-state index contributed by atoms with van der Waals surface area (Å²) in [7, 11) is 0. The number of rotatable bonds is 5. The maximum Gasteiger partial charge on any atom is 0.248 e. The molecule has 0 saturated heterocycles. The van der Waals surface area contributed by atoms with Gasteiger partial charge in [0.1, 0.15) is 11.8 Å². The molecule has 0 radical (unpaired) electrons. The second-order valence-electron chi connectivity index (χ2n) is 6.24. The molecular weight excluding hydrogens is 326 g/mol. The summed E-state index contributed by atoms with van der Waals surface area (Å²) in [6.45, 7) is 4.24. The predicted molar refractivity (Wildman–Crippen MR) is 105 cm³/mol. The number of fused-ring (bicyclic) bond motifs is 1. The van der Waals surface area contributed by atoms with E-state index in [1.54, 1.807) is 18.2 Å². The fraction of sp³-hybridized carbons (Fsp3) is 0.182. The molecular formula is C22H21NO3. The average Bonchev–Trinajstić information content (AvgIpc) is 2.67. The SMILES string of the molecule is CCC(C)c1ccccc1NC(=O)/C=C/c1coc2ccccc2c1=O. The highest BCUT2D eigenvalue weighted by Crippen LogP contribution is 2.26. The highest BCUT2D eigenvalue weighted by atomic mass is 16.3. The molecule has 26 heavy (non-hydrogen) atoms. The number of amides is 1. The normalized spacial score (nSPS) is 12.4. The molecule has 1 atom stereocenters. The van der Waals surface area contributed by atoms with E-state index in [2.05, 4.69) is 19.2 Å². The summed E-state index contributed by atoms with van der Waals surface area (Å²) in [6.07, 6.45) is 5.20. The topological polar surface area (TPSA) is 59.3 Å². The molecule has 3 rings (SSSR count). The Balaban J connectivity index is 1.81. The summed E-state index contributed by atoms with van der Waals surface area (Å²) in [5.74, 6) is 0.0660. The van der Waals surface area contributed by atoms with Gasteiger partial charge in [-0.2, -0.15) is 0 Å². The van der Waals surface area contributed by atoms with Crippen LogP contribution in [0.2, 0.25) is 0 Å². The van der Waals surface area contributed by atoms with E-state index in [0.717, 1.165) is 17.7 Å². The van der Waals surface area contributed by atoms with Gasteiger partial charge in [0.05, 0.1) is 10.9 Å². The molecule has 1 unspecified atom stereocenters. The zero-order chi connectivity index (χ0) is 18.5. The number of nitrogens with one attached hydrogen (secondary N) is 1. The Hall–Kier alpha value is -3.14. The van der Waals surface area contributed by atoms with Crippen molar-refractivity contribution in [1.82, 2.24) is 0 Å². The Kier molecular flexibility index (Phi) is 5.32. The average molecular weight is 347 g/mol. The van der Waals surface area contributed by atoms with Crippen molar-refractivity contribution < 1.29 is 9.21 Å². The number of carbonyl (C=O) groups is 1. The van der Waals surface area contributed by atoms with Crippen molar-refractivity contribution in [1.29, 1.82) is 0 Å². The van der Waals surface area contributed by atoms with Crippen LogP contribution in [-0.2, 0) is 4.79 Å². The fourth-order valence-corrected chi connectivity index (χ4v) is 2.81. The van der Waals surface area contributed by atoms with Crippen molar-refractivity contribution in [3.8, 4) is 0 Å². The Morgan fingerprint density at radius 3 is 2.69 bits per heavy atom.